The van der Waals surface area contributed by atoms with Crippen molar-refractivity contribution in [3.05, 3.63) is 12.2 Å². The number of carbonyl (C=O) groups is 1. The van der Waals surface area contributed by atoms with Crippen molar-refractivity contribution in [1.29, 1.82) is 0 Å². The van der Waals surface area contributed by atoms with Crippen LogP contribution in [0.2, 0.25) is 18.1 Å². The molecule has 2 atom stereocenters. The third kappa shape index (κ3) is 4.00. The van der Waals surface area contributed by atoms with Crippen LogP contribution in [0.5, 0.6) is 0 Å². The van der Waals surface area contributed by atoms with Gasteiger partial charge in [-0.15, -0.1) is 0 Å². The van der Waals surface area contributed by atoms with Gasteiger partial charge in [-0.2, -0.15) is 0 Å². The quantitative estimate of drug-likeness (QED) is 0.475. The molecule has 128 valence electrons. The van der Waals surface area contributed by atoms with E-state index in [2.05, 4.69) is 40.4 Å². The summed E-state index contributed by atoms with van der Waals surface area (Å²) < 4.78 is 11.4. The minimum Gasteiger partial charge on any atom is -0.461 e. The van der Waals surface area contributed by atoms with E-state index in [0.717, 1.165) is 5.57 Å². The number of hydrogen-bond donors (Lipinski definition) is 1. The molecule has 1 saturated carbocycles. The normalized spacial score (nSPS) is 26.6. The average Bonchev–Trinajstić information content (AvgIpc) is 2.62. The zero-order valence-electron chi connectivity index (χ0n) is 15.2. The molecule has 1 N–H and O–H groups in total. The Kier molecular flexibility index (Phi) is 5.69. The van der Waals surface area contributed by atoms with Crippen molar-refractivity contribution in [3.63, 3.8) is 0 Å². The molecule has 0 aliphatic heterocycles. The van der Waals surface area contributed by atoms with E-state index in [4.69, 9.17) is 9.16 Å². The highest BCUT2D eigenvalue weighted by atomic mass is 28.4. The Morgan fingerprint density at radius 3 is 2.45 bits per heavy atom. The fourth-order valence-corrected chi connectivity index (χ4v) is 3.38. The van der Waals surface area contributed by atoms with E-state index in [1.165, 1.54) is 0 Å². The number of rotatable bonds is 5. The van der Waals surface area contributed by atoms with Gasteiger partial charge < -0.3 is 14.3 Å². The van der Waals surface area contributed by atoms with Gasteiger partial charge in [-0.05, 0) is 44.8 Å². The predicted octanol–water partition coefficient (Wildman–Crippen LogP) is 3.66. The van der Waals surface area contributed by atoms with Gasteiger partial charge in [-0.3, -0.25) is 0 Å². The van der Waals surface area contributed by atoms with Crippen molar-refractivity contribution < 1.29 is 19.1 Å². The summed E-state index contributed by atoms with van der Waals surface area (Å²) >= 11 is 0. The molecular weight excluding hydrogens is 296 g/mol. The van der Waals surface area contributed by atoms with Crippen LogP contribution in [-0.2, 0) is 14.0 Å². The summed E-state index contributed by atoms with van der Waals surface area (Å²) in [6.07, 6.45) is 0.755. The molecule has 1 rings (SSSR count). The van der Waals surface area contributed by atoms with Crippen molar-refractivity contribution in [2.24, 2.45) is 5.92 Å². The van der Waals surface area contributed by atoms with E-state index in [9.17, 15) is 9.90 Å². The Bertz CT molecular complexity index is 436. The predicted molar refractivity (Wildman–Crippen MR) is 91.2 cm³/mol. The first-order valence-electron chi connectivity index (χ1n) is 8.06. The first kappa shape index (κ1) is 19.4. The first-order chi connectivity index (χ1) is 9.81. The minimum absolute atomic E-state index is 0.0868. The second kappa shape index (κ2) is 6.46. The molecule has 22 heavy (non-hydrogen) atoms. The highest BCUT2D eigenvalue weighted by molar-refractivity contribution is 6.74. The van der Waals surface area contributed by atoms with Gasteiger partial charge >= 0.3 is 5.97 Å². The molecule has 0 bridgehead atoms. The molecule has 1 aliphatic carbocycles. The second-order valence-electron chi connectivity index (χ2n) is 8.16. The zero-order valence-corrected chi connectivity index (χ0v) is 16.2. The van der Waals surface area contributed by atoms with Crippen LogP contribution in [0.1, 0.15) is 47.5 Å². The summed E-state index contributed by atoms with van der Waals surface area (Å²) in [5.41, 5.74) is -0.620. The smallest absolute Gasteiger partial charge is 0.339 e. The minimum atomic E-state index is -1.94. The summed E-state index contributed by atoms with van der Waals surface area (Å²) in [5.74, 6) is -0.933. The molecule has 0 heterocycles. The summed E-state index contributed by atoms with van der Waals surface area (Å²) in [6, 6.07) is 0. The summed E-state index contributed by atoms with van der Waals surface area (Å²) in [7, 11) is -1.94. The maximum atomic E-state index is 12.3. The van der Waals surface area contributed by atoms with Gasteiger partial charge in [0.15, 0.2) is 13.9 Å². The topological polar surface area (TPSA) is 55.8 Å². The lowest BCUT2D eigenvalue weighted by molar-refractivity contribution is -0.173. The third-order valence-electron chi connectivity index (χ3n) is 5.01. The lowest BCUT2D eigenvalue weighted by Crippen LogP contribution is -2.49. The van der Waals surface area contributed by atoms with Gasteiger partial charge in [0.05, 0.1) is 6.10 Å². The maximum Gasteiger partial charge on any atom is 0.339 e. The van der Waals surface area contributed by atoms with Gasteiger partial charge in [0.25, 0.3) is 0 Å². The standard InChI is InChI=1S/C17H32O4Si/c1-12(2)21-15(18)17(19)10-9-13(3)14(17)11-20-22(7,8)16(4,5)6/h12,14,19H,3,9-11H2,1-2,4-8H3/t14-,17+/m1/s1. The van der Waals surface area contributed by atoms with Gasteiger partial charge in [0.2, 0.25) is 0 Å². The van der Waals surface area contributed by atoms with E-state index in [1.807, 2.05) is 0 Å². The van der Waals surface area contributed by atoms with E-state index in [-0.39, 0.29) is 17.1 Å². The molecule has 5 heteroatoms. The zero-order chi connectivity index (χ0) is 17.3. The van der Waals surface area contributed by atoms with E-state index < -0.39 is 19.9 Å². The fraction of sp³-hybridized carbons (Fsp3) is 0.824. The molecule has 0 unspecified atom stereocenters. The molecule has 0 spiro atoms. The number of ether oxygens (including phenoxy) is 1. The van der Waals surface area contributed by atoms with Gasteiger partial charge in [-0.1, -0.05) is 32.9 Å². The van der Waals surface area contributed by atoms with Crippen molar-refractivity contribution >= 4 is 14.3 Å². The highest BCUT2D eigenvalue weighted by Gasteiger charge is 2.52. The maximum absolute atomic E-state index is 12.3. The van der Waals surface area contributed by atoms with Crippen molar-refractivity contribution in [3.8, 4) is 0 Å². The summed E-state index contributed by atoms with van der Waals surface area (Å²) in [4.78, 5) is 12.3. The summed E-state index contributed by atoms with van der Waals surface area (Å²) in [5, 5.41) is 10.9. The van der Waals surface area contributed by atoms with Crippen LogP contribution in [0.4, 0.5) is 0 Å². The first-order valence-corrected chi connectivity index (χ1v) is 11.0. The molecule has 0 saturated heterocycles. The van der Waals surface area contributed by atoms with Crippen LogP contribution in [-0.4, -0.2) is 37.7 Å². The Hall–Kier alpha value is -0.653. The Labute approximate surface area is 136 Å². The van der Waals surface area contributed by atoms with Crippen molar-refractivity contribution in [2.45, 2.75) is 77.3 Å². The Morgan fingerprint density at radius 2 is 2.00 bits per heavy atom. The summed E-state index contributed by atoms with van der Waals surface area (Å²) in [6.45, 7) is 18.8. The molecule has 0 aromatic heterocycles. The lowest BCUT2D eigenvalue weighted by atomic mass is 9.90. The van der Waals surface area contributed by atoms with Gasteiger partial charge in [-0.25, -0.2) is 4.79 Å². The average molecular weight is 329 g/mol. The lowest BCUT2D eigenvalue weighted by Gasteiger charge is -2.38. The molecule has 0 amide bonds. The number of carbonyl (C=O) groups excluding carboxylic acids is 1. The molecule has 1 aliphatic rings. The van der Waals surface area contributed by atoms with Crippen LogP contribution >= 0.6 is 0 Å². The molecule has 0 aromatic carbocycles. The van der Waals surface area contributed by atoms with Crippen molar-refractivity contribution in [1.82, 2.24) is 0 Å². The molecular formula is C17H32O4Si. The van der Waals surface area contributed by atoms with Gasteiger partial charge in [0.1, 0.15) is 0 Å². The number of esters is 1. The van der Waals surface area contributed by atoms with Crippen molar-refractivity contribution in [2.75, 3.05) is 6.61 Å². The number of hydrogen-bond acceptors (Lipinski definition) is 4. The second-order valence-corrected chi connectivity index (χ2v) is 13.0. The largest absolute Gasteiger partial charge is 0.461 e. The van der Waals surface area contributed by atoms with Crippen LogP contribution in [0, 0.1) is 5.92 Å². The van der Waals surface area contributed by atoms with Crippen LogP contribution in [0.3, 0.4) is 0 Å². The third-order valence-corrected chi connectivity index (χ3v) is 9.51. The van der Waals surface area contributed by atoms with Crippen LogP contribution in [0.15, 0.2) is 12.2 Å². The monoisotopic (exact) mass is 328 g/mol. The highest BCUT2D eigenvalue weighted by Crippen LogP contribution is 2.43. The Balaban J connectivity index is 2.86. The Morgan fingerprint density at radius 1 is 1.45 bits per heavy atom. The van der Waals surface area contributed by atoms with E-state index >= 15 is 0 Å². The SMILES string of the molecule is C=C1CC[C@@](O)(C(=O)OC(C)C)[C@@H]1CO[Si](C)(C)C(C)(C)C. The van der Waals surface area contributed by atoms with Crippen LogP contribution in [0.25, 0.3) is 0 Å². The van der Waals surface area contributed by atoms with E-state index in [1.54, 1.807) is 13.8 Å². The number of aliphatic hydroxyl groups is 1. The molecule has 0 aromatic rings. The molecule has 4 nitrogen and oxygen atoms in total. The molecule has 1 fully saturated rings. The van der Waals surface area contributed by atoms with E-state index in [0.29, 0.717) is 19.4 Å². The van der Waals surface area contributed by atoms with Crippen LogP contribution < -0.4 is 0 Å². The fourth-order valence-electron chi connectivity index (χ4n) is 2.36. The molecule has 0 radical (unpaired) electrons. The van der Waals surface area contributed by atoms with Gasteiger partial charge in [0, 0.05) is 12.5 Å².